The maximum atomic E-state index is 12.4. The molecule has 2 amide bonds. The summed E-state index contributed by atoms with van der Waals surface area (Å²) in [6.45, 7) is 7.96. The first-order valence-electron chi connectivity index (χ1n) is 9.88. The molecule has 0 bridgehead atoms. The van der Waals surface area contributed by atoms with E-state index in [9.17, 15) is 18.0 Å². The molecule has 0 spiro atoms. The van der Waals surface area contributed by atoms with Gasteiger partial charge < -0.3 is 10.2 Å². The molecule has 2 saturated heterocycles. The van der Waals surface area contributed by atoms with Crippen LogP contribution >= 0.6 is 0 Å². The minimum atomic E-state index is -3.01. The van der Waals surface area contributed by atoms with Gasteiger partial charge in [-0.15, -0.1) is 0 Å². The van der Waals surface area contributed by atoms with Crippen molar-refractivity contribution in [2.75, 3.05) is 24.6 Å². The minimum absolute atomic E-state index is 0.0356. The van der Waals surface area contributed by atoms with Crippen LogP contribution in [0.2, 0.25) is 0 Å². The van der Waals surface area contributed by atoms with Gasteiger partial charge in [0.1, 0.15) is 0 Å². The van der Waals surface area contributed by atoms with Gasteiger partial charge in [-0.3, -0.25) is 4.79 Å². The van der Waals surface area contributed by atoms with Gasteiger partial charge in [0.05, 0.1) is 17.2 Å². The van der Waals surface area contributed by atoms with E-state index in [4.69, 9.17) is 0 Å². The maximum Gasteiger partial charge on any atom is 0.317 e. The number of likely N-dealkylation sites (tertiary alicyclic amines) is 1. The molecular weight excluding hydrogens is 380 g/mol. The largest absolute Gasteiger partial charge is 0.334 e. The molecule has 28 heavy (non-hydrogen) atoms. The van der Waals surface area contributed by atoms with Crippen molar-refractivity contribution in [3.05, 3.63) is 28.2 Å². The number of nitrogens with one attached hydrogen (secondary N) is 1. The van der Waals surface area contributed by atoms with Crippen molar-refractivity contribution in [1.82, 2.24) is 20.0 Å². The summed E-state index contributed by atoms with van der Waals surface area (Å²) < 4.78 is 24.6. The molecule has 0 saturated carbocycles. The van der Waals surface area contributed by atoms with Crippen molar-refractivity contribution >= 4 is 15.9 Å². The molecule has 0 radical (unpaired) electrons. The van der Waals surface area contributed by atoms with Gasteiger partial charge in [0, 0.05) is 37.2 Å². The highest BCUT2D eigenvalue weighted by Gasteiger charge is 2.31. The average Bonchev–Trinajstić information content (AvgIpc) is 2.95. The van der Waals surface area contributed by atoms with Gasteiger partial charge in [-0.05, 0) is 31.2 Å². The number of urea groups is 1. The molecule has 1 aromatic rings. The third-order valence-electron chi connectivity index (χ3n) is 5.53. The fraction of sp³-hybridized carbons (Fsp3) is 0.737. The topological polar surface area (TPSA) is 101 Å². The van der Waals surface area contributed by atoms with Crippen LogP contribution in [0.25, 0.3) is 0 Å². The number of hydrogen-bond acceptors (Lipinski definition) is 5. The lowest BCUT2D eigenvalue weighted by atomic mass is 9.92. The second-order valence-corrected chi connectivity index (χ2v) is 11.2. The summed E-state index contributed by atoms with van der Waals surface area (Å²) in [4.78, 5) is 26.3. The Morgan fingerprint density at radius 2 is 1.89 bits per heavy atom. The first-order valence-corrected chi connectivity index (χ1v) is 11.7. The Kier molecular flexibility index (Phi) is 5.84. The number of nitrogens with zero attached hydrogens (tertiary/aromatic N) is 3. The Bertz CT molecular complexity index is 880. The molecule has 1 aromatic heterocycles. The number of amides is 2. The van der Waals surface area contributed by atoms with Crippen molar-refractivity contribution in [2.24, 2.45) is 5.92 Å². The summed E-state index contributed by atoms with van der Waals surface area (Å²) in [6.07, 6.45) is 2.08. The van der Waals surface area contributed by atoms with Crippen molar-refractivity contribution in [2.45, 2.75) is 58.0 Å². The quantitative estimate of drug-likeness (QED) is 0.805. The van der Waals surface area contributed by atoms with Crippen LogP contribution in [-0.2, 0) is 21.8 Å². The number of carbonyl (C=O) groups excluding carboxylic acids is 1. The van der Waals surface area contributed by atoms with E-state index in [1.165, 1.54) is 0 Å². The average molecular weight is 411 g/mol. The summed E-state index contributed by atoms with van der Waals surface area (Å²) >= 11 is 0. The molecule has 1 atom stereocenters. The predicted molar refractivity (Wildman–Crippen MR) is 107 cm³/mol. The van der Waals surface area contributed by atoms with Crippen LogP contribution < -0.4 is 10.9 Å². The van der Waals surface area contributed by atoms with Crippen LogP contribution in [0.15, 0.2) is 16.9 Å². The smallest absolute Gasteiger partial charge is 0.317 e. The fourth-order valence-electron chi connectivity index (χ4n) is 3.72. The number of sulfone groups is 1. The first-order chi connectivity index (χ1) is 13.0. The number of carbonyl (C=O) groups is 1. The van der Waals surface area contributed by atoms with Gasteiger partial charge in [0.25, 0.3) is 5.56 Å². The Hall–Kier alpha value is -1.90. The second-order valence-electron chi connectivity index (χ2n) is 8.97. The van der Waals surface area contributed by atoms with Crippen molar-refractivity contribution in [3.8, 4) is 0 Å². The van der Waals surface area contributed by atoms with Gasteiger partial charge >= 0.3 is 6.03 Å². The SMILES string of the molecule is CC(C)(C)c1ccc(=O)n(CC2CCN(C(=O)NC3CCS(=O)(=O)C3)CC2)n1. The highest BCUT2D eigenvalue weighted by atomic mass is 32.2. The highest BCUT2D eigenvalue weighted by Crippen LogP contribution is 2.21. The number of piperidine rings is 1. The predicted octanol–water partition coefficient (Wildman–Crippen LogP) is 1.15. The van der Waals surface area contributed by atoms with Gasteiger partial charge in [-0.1, -0.05) is 20.8 Å². The summed E-state index contributed by atoms with van der Waals surface area (Å²) in [5.74, 6) is 0.472. The normalized spacial score (nSPS) is 23.0. The van der Waals surface area contributed by atoms with Crippen LogP contribution in [0.3, 0.4) is 0 Å². The highest BCUT2D eigenvalue weighted by molar-refractivity contribution is 7.91. The number of hydrogen-bond donors (Lipinski definition) is 1. The molecule has 2 fully saturated rings. The molecule has 8 nitrogen and oxygen atoms in total. The fourth-order valence-corrected chi connectivity index (χ4v) is 5.39. The Morgan fingerprint density at radius 1 is 1.21 bits per heavy atom. The minimum Gasteiger partial charge on any atom is -0.334 e. The third kappa shape index (κ3) is 5.12. The van der Waals surface area contributed by atoms with E-state index in [0.29, 0.717) is 26.1 Å². The standard InChI is InChI=1S/C19H30N4O4S/c1-19(2,3)16-4-5-17(24)23(21-16)12-14-6-9-22(10-7-14)18(25)20-15-8-11-28(26,27)13-15/h4-5,14-15H,6-13H2,1-3H3,(H,20,25). The van der Waals surface area contributed by atoms with E-state index in [-0.39, 0.29) is 40.5 Å². The Balaban J connectivity index is 1.53. The summed E-state index contributed by atoms with van der Waals surface area (Å²) in [5.41, 5.74) is 0.663. The number of aromatic nitrogens is 2. The van der Waals surface area contributed by atoms with Crippen LogP contribution in [0.1, 0.15) is 45.7 Å². The second kappa shape index (κ2) is 7.85. The zero-order chi connectivity index (χ0) is 20.5. The van der Waals surface area contributed by atoms with E-state index < -0.39 is 9.84 Å². The van der Waals surface area contributed by atoms with E-state index in [1.807, 2.05) is 0 Å². The summed E-state index contributed by atoms with van der Waals surface area (Å²) in [6, 6.07) is 2.89. The zero-order valence-corrected chi connectivity index (χ0v) is 17.7. The van der Waals surface area contributed by atoms with Gasteiger partial charge in [-0.2, -0.15) is 5.10 Å². The van der Waals surface area contributed by atoms with Crippen LogP contribution in [-0.4, -0.2) is 59.8 Å². The molecule has 3 rings (SSSR count). The van der Waals surface area contributed by atoms with Crippen molar-refractivity contribution in [1.29, 1.82) is 0 Å². The third-order valence-corrected chi connectivity index (χ3v) is 7.30. The first kappa shape index (κ1) is 20.8. The zero-order valence-electron chi connectivity index (χ0n) is 16.8. The Morgan fingerprint density at radius 3 is 2.46 bits per heavy atom. The van der Waals surface area contributed by atoms with Gasteiger partial charge in [0.2, 0.25) is 0 Å². The molecular formula is C19H30N4O4S. The van der Waals surface area contributed by atoms with E-state index in [1.54, 1.807) is 21.7 Å². The van der Waals surface area contributed by atoms with Gasteiger partial charge in [-0.25, -0.2) is 17.9 Å². The number of rotatable bonds is 3. The van der Waals surface area contributed by atoms with E-state index >= 15 is 0 Å². The summed E-state index contributed by atoms with van der Waals surface area (Å²) in [7, 11) is -3.01. The van der Waals surface area contributed by atoms with Crippen molar-refractivity contribution < 1.29 is 13.2 Å². The molecule has 156 valence electrons. The lowest BCUT2D eigenvalue weighted by Gasteiger charge is -2.33. The molecule has 0 aromatic carbocycles. The molecule has 3 heterocycles. The Labute approximate surface area is 166 Å². The van der Waals surface area contributed by atoms with Gasteiger partial charge in [0.15, 0.2) is 9.84 Å². The van der Waals surface area contributed by atoms with Crippen LogP contribution in [0.5, 0.6) is 0 Å². The van der Waals surface area contributed by atoms with Crippen LogP contribution in [0.4, 0.5) is 4.79 Å². The van der Waals surface area contributed by atoms with Crippen LogP contribution in [0, 0.1) is 5.92 Å². The maximum absolute atomic E-state index is 12.4. The van der Waals surface area contributed by atoms with E-state index in [0.717, 1.165) is 18.5 Å². The molecule has 2 aliphatic rings. The van der Waals surface area contributed by atoms with Crippen molar-refractivity contribution in [3.63, 3.8) is 0 Å². The molecule has 0 aliphatic carbocycles. The monoisotopic (exact) mass is 410 g/mol. The molecule has 1 unspecified atom stereocenters. The lowest BCUT2D eigenvalue weighted by Crippen LogP contribution is -2.48. The molecule has 1 N–H and O–H groups in total. The molecule has 9 heteroatoms. The lowest BCUT2D eigenvalue weighted by molar-refractivity contribution is 0.161. The summed E-state index contributed by atoms with van der Waals surface area (Å²) in [5, 5.41) is 7.37. The molecule has 2 aliphatic heterocycles. The van der Waals surface area contributed by atoms with E-state index in [2.05, 4.69) is 31.2 Å².